The third-order valence-electron chi connectivity index (χ3n) is 9.57. The molecule has 0 spiro atoms. The normalized spacial score (nSPS) is 19.9. The second-order valence-corrected chi connectivity index (χ2v) is 14.4. The lowest BCUT2D eigenvalue weighted by molar-refractivity contribution is -0.440. The summed E-state index contributed by atoms with van der Waals surface area (Å²) in [6, 6.07) is 9.93. The number of benzene rings is 2. The Balaban J connectivity index is 1.61. The minimum absolute atomic E-state index is 0.00296. The molecule has 0 fully saturated rings. The average molecular weight is 628 g/mol. The van der Waals surface area contributed by atoms with E-state index in [4.69, 9.17) is 0 Å². The molecule has 0 saturated heterocycles. The van der Waals surface area contributed by atoms with Crippen LogP contribution >= 0.6 is 0 Å². The number of allylic oxidation sites excluding steroid dienone is 5. The fourth-order valence-electron chi connectivity index (χ4n) is 6.89. The average Bonchev–Trinajstić information content (AvgIpc) is 3.33. The molecule has 0 bridgehead atoms. The van der Waals surface area contributed by atoms with Gasteiger partial charge in [0.05, 0.1) is 32.1 Å². The summed E-state index contributed by atoms with van der Waals surface area (Å²) in [6.45, 7) is 17.5. The lowest BCUT2D eigenvalue weighted by Gasteiger charge is -2.29. The molecule has 1 N–H and O–H groups in total. The summed E-state index contributed by atoms with van der Waals surface area (Å²) in [5.41, 5.74) is 3.48. The molecule has 0 radical (unpaired) electrons. The van der Waals surface area contributed by atoms with Crippen LogP contribution in [-0.4, -0.2) is 44.1 Å². The lowest BCUT2D eigenvalue weighted by atomic mass is 9.77. The highest BCUT2D eigenvalue weighted by atomic mass is 16.6. The number of ketones is 1. The number of aliphatic hydroxyl groups excluding tert-OH is 1. The number of Topliss-reactive ketones (excluding diaryl/α,β-unsaturated/α-hetero) is 1. The minimum Gasteiger partial charge on any atom is -0.506 e. The molecule has 10 nitrogen and oxygen atoms in total. The third-order valence-corrected chi connectivity index (χ3v) is 9.57. The molecular formula is C36H43N4O6+. The van der Waals surface area contributed by atoms with Gasteiger partial charge in [-0.2, -0.15) is 4.58 Å². The Morgan fingerprint density at radius 3 is 2.20 bits per heavy atom. The SMILES string of the molecule is CC(C)CCN1C(=CC2=C(O)C(=CC3=[N+](CCC(C)C)c4cccc([N+](=O)[O-])c4C3(C)C)C2=O)C(C)(C)c2ccc([N+](=O)[O-])cc21. The van der Waals surface area contributed by atoms with Crippen LogP contribution in [-0.2, 0) is 15.6 Å². The number of non-ortho nitro benzene ring substituents is 1. The van der Waals surface area contributed by atoms with Gasteiger partial charge in [-0.3, -0.25) is 25.0 Å². The maximum atomic E-state index is 13.8. The Hall–Kier alpha value is -4.60. The summed E-state index contributed by atoms with van der Waals surface area (Å²) in [5, 5.41) is 35.1. The van der Waals surface area contributed by atoms with Gasteiger partial charge in [0.25, 0.3) is 11.4 Å². The largest absolute Gasteiger partial charge is 0.506 e. The van der Waals surface area contributed by atoms with Crippen LogP contribution in [0, 0.1) is 32.1 Å². The summed E-state index contributed by atoms with van der Waals surface area (Å²) in [6.07, 6.45) is 5.07. The van der Waals surface area contributed by atoms with Crippen molar-refractivity contribution in [3.8, 4) is 0 Å². The van der Waals surface area contributed by atoms with Crippen LogP contribution in [0.25, 0.3) is 0 Å². The van der Waals surface area contributed by atoms with E-state index in [1.54, 1.807) is 30.4 Å². The maximum Gasteiger partial charge on any atom is 0.280 e. The topological polar surface area (TPSA) is 130 Å². The first-order chi connectivity index (χ1) is 21.5. The molecule has 0 saturated carbocycles. The van der Waals surface area contributed by atoms with Gasteiger partial charge in [0.15, 0.2) is 5.71 Å². The molecule has 0 atom stereocenters. The zero-order valence-electron chi connectivity index (χ0n) is 27.9. The van der Waals surface area contributed by atoms with Crippen molar-refractivity contribution < 1.29 is 24.3 Å². The molecule has 46 heavy (non-hydrogen) atoms. The summed E-state index contributed by atoms with van der Waals surface area (Å²) in [7, 11) is 0. The first-order valence-corrected chi connectivity index (χ1v) is 15.9. The number of hydrogen-bond donors (Lipinski definition) is 1. The van der Waals surface area contributed by atoms with Gasteiger partial charge >= 0.3 is 0 Å². The Morgan fingerprint density at radius 1 is 0.935 bits per heavy atom. The molecule has 0 amide bonds. The highest BCUT2D eigenvalue weighted by Crippen LogP contribution is 2.51. The van der Waals surface area contributed by atoms with Gasteiger partial charge in [0.1, 0.15) is 17.9 Å². The molecule has 2 heterocycles. The second-order valence-electron chi connectivity index (χ2n) is 14.4. The minimum atomic E-state index is -0.796. The molecule has 0 aromatic heterocycles. The predicted octanol–water partition coefficient (Wildman–Crippen LogP) is 7.97. The number of hydrogen-bond acceptors (Lipinski definition) is 7. The van der Waals surface area contributed by atoms with Crippen LogP contribution in [0.4, 0.5) is 22.7 Å². The Kier molecular flexibility index (Phi) is 8.30. The van der Waals surface area contributed by atoms with Crippen molar-refractivity contribution in [2.24, 2.45) is 11.8 Å². The van der Waals surface area contributed by atoms with Crippen molar-refractivity contribution in [3.63, 3.8) is 0 Å². The van der Waals surface area contributed by atoms with Gasteiger partial charge in [-0.05, 0) is 55.9 Å². The van der Waals surface area contributed by atoms with Gasteiger partial charge in [0.2, 0.25) is 11.5 Å². The van der Waals surface area contributed by atoms with E-state index in [0.717, 1.165) is 41.2 Å². The Labute approximate surface area is 269 Å². The number of carbonyl (C=O) groups excluding carboxylic acids is 1. The van der Waals surface area contributed by atoms with E-state index in [1.165, 1.54) is 12.1 Å². The van der Waals surface area contributed by atoms with E-state index < -0.39 is 15.8 Å². The smallest absolute Gasteiger partial charge is 0.280 e. The standard InChI is InChI=1S/C36H42N4O6/c1-21(2)14-16-37-27-10-9-11-28(40(45)46)32(27)36(7,8)31(37)20-25-33(41)24(34(25)42)19-30-35(5,6)26-13-12-23(39(43)44)18-29(26)38(30)17-15-22(3)4/h9-13,18-22H,14-17H2,1-8H3/p+1. The van der Waals surface area contributed by atoms with E-state index in [1.807, 2.05) is 43.2 Å². The zero-order chi connectivity index (χ0) is 33.9. The number of nitrogens with zero attached hydrogens (tertiary/aromatic N) is 4. The fraction of sp³-hybridized carbons (Fsp3) is 0.444. The molecule has 2 aromatic carbocycles. The predicted molar refractivity (Wildman–Crippen MR) is 179 cm³/mol. The van der Waals surface area contributed by atoms with Crippen molar-refractivity contribution in [1.29, 1.82) is 0 Å². The number of anilines is 1. The van der Waals surface area contributed by atoms with Crippen LogP contribution < -0.4 is 4.90 Å². The highest BCUT2D eigenvalue weighted by Gasteiger charge is 2.50. The van der Waals surface area contributed by atoms with Crippen LogP contribution in [0.1, 0.15) is 79.4 Å². The second kappa shape index (κ2) is 11.6. The lowest BCUT2D eigenvalue weighted by Crippen LogP contribution is -2.32. The van der Waals surface area contributed by atoms with E-state index in [2.05, 4.69) is 27.7 Å². The van der Waals surface area contributed by atoms with Crippen LogP contribution in [0.2, 0.25) is 0 Å². The number of rotatable bonds is 10. The molecule has 3 aliphatic rings. The first-order valence-electron chi connectivity index (χ1n) is 15.9. The van der Waals surface area contributed by atoms with Gasteiger partial charge in [-0.1, -0.05) is 41.5 Å². The van der Waals surface area contributed by atoms with Crippen molar-refractivity contribution in [2.75, 3.05) is 18.0 Å². The Morgan fingerprint density at radius 2 is 1.61 bits per heavy atom. The summed E-state index contributed by atoms with van der Waals surface area (Å²) in [4.78, 5) is 38.7. The first kappa shape index (κ1) is 32.8. The number of carbonyl (C=O) groups is 1. The van der Waals surface area contributed by atoms with E-state index in [0.29, 0.717) is 30.5 Å². The summed E-state index contributed by atoms with van der Waals surface area (Å²) in [5.74, 6) is 0.321. The molecule has 1 aliphatic carbocycles. The fourth-order valence-corrected chi connectivity index (χ4v) is 6.89. The van der Waals surface area contributed by atoms with E-state index in [-0.39, 0.29) is 39.0 Å². The van der Waals surface area contributed by atoms with Gasteiger partial charge in [-0.25, -0.2) is 0 Å². The number of fused-ring (bicyclic) bond motifs is 2. The number of nitro groups is 2. The van der Waals surface area contributed by atoms with Gasteiger partial charge in [0, 0.05) is 54.4 Å². The van der Waals surface area contributed by atoms with E-state index in [9.17, 15) is 30.1 Å². The molecule has 0 unspecified atom stereocenters. The monoisotopic (exact) mass is 627 g/mol. The summed E-state index contributed by atoms with van der Waals surface area (Å²) >= 11 is 0. The molecule has 2 aliphatic heterocycles. The van der Waals surface area contributed by atoms with Crippen LogP contribution in [0.3, 0.4) is 0 Å². The van der Waals surface area contributed by atoms with Crippen molar-refractivity contribution in [2.45, 2.75) is 79.1 Å². The highest BCUT2D eigenvalue weighted by molar-refractivity contribution is 6.24. The summed E-state index contributed by atoms with van der Waals surface area (Å²) < 4.78 is 2.05. The van der Waals surface area contributed by atoms with Crippen molar-refractivity contribution in [3.05, 3.63) is 103 Å². The van der Waals surface area contributed by atoms with Gasteiger partial charge < -0.3 is 10.0 Å². The van der Waals surface area contributed by atoms with Crippen molar-refractivity contribution >= 4 is 34.2 Å². The van der Waals surface area contributed by atoms with E-state index >= 15 is 0 Å². The number of aliphatic hydroxyl groups is 1. The maximum absolute atomic E-state index is 13.8. The molecular weight excluding hydrogens is 584 g/mol. The molecule has 5 rings (SSSR count). The molecule has 2 aromatic rings. The van der Waals surface area contributed by atoms with Crippen molar-refractivity contribution in [1.82, 2.24) is 0 Å². The van der Waals surface area contributed by atoms with Crippen LogP contribution in [0.15, 0.2) is 71.2 Å². The van der Waals surface area contributed by atoms with Crippen LogP contribution in [0.5, 0.6) is 0 Å². The quantitative estimate of drug-likeness (QED) is 0.122. The van der Waals surface area contributed by atoms with Gasteiger partial charge in [-0.15, -0.1) is 0 Å². The Bertz CT molecular complexity index is 1790. The number of nitro benzene ring substituents is 2. The molecule has 242 valence electrons. The third kappa shape index (κ3) is 5.33. The zero-order valence-corrected chi connectivity index (χ0v) is 27.9. The molecule has 10 heteroatoms.